The normalized spacial score (nSPS) is 23.5. The van der Waals surface area contributed by atoms with Gasteiger partial charge in [-0.3, -0.25) is 4.79 Å². The van der Waals surface area contributed by atoms with Gasteiger partial charge in [0.25, 0.3) is 5.91 Å². The zero-order valence-corrected chi connectivity index (χ0v) is 12.0. The lowest BCUT2D eigenvalue weighted by Gasteiger charge is -2.39. The van der Waals surface area contributed by atoms with Gasteiger partial charge in [0.05, 0.1) is 18.4 Å². The third kappa shape index (κ3) is 1.85. The highest BCUT2D eigenvalue weighted by atomic mass is 16.6. The number of fused-ring (bicyclic) bond motifs is 2. The molecule has 0 saturated carbocycles. The maximum Gasteiger partial charge on any atom is 0.339 e. The molecule has 1 aromatic carbocycles. The molecule has 1 spiro atoms. The van der Waals surface area contributed by atoms with E-state index in [4.69, 9.17) is 9.15 Å². The number of ether oxygens (including phenoxy) is 1. The SMILES string of the molecule is O=C1OC2(CCCN(C(=O)c3ccco3)C2)c2ccccc21. The van der Waals surface area contributed by atoms with Crippen LogP contribution in [0, 0.1) is 0 Å². The molecule has 0 radical (unpaired) electrons. The van der Waals surface area contributed by atoms with Gasteiger partial charge in [0.15, 0.2) is 11.4 Å². The minimum atomic E-state index is -0.714. The summed E-state index contributed by atoms with van der Waals surface area (Å²) in [7, 11) is 0. The number of nitrogens with zero attached hydrogens (tertiary/aromatic N) is 1. The number of benzene rings is 1. The third-order valence-corrected chi connectivity index (χ3v) is 4.40. The Kier molecular flexibility index (Phi) is 2.82. The molecule has 0 N–H and O–H groups in total. The first-order chi connectivity index (χ1) is 10.7. The lowest BCUT2D eigenvalue weighted by molar-refractivity contribution is -0.0446. The standard InChI is InChI=1S/C17H15NO4/c19-15(14-7-3-10-21-14)18-9-4-8-17(11-18)13-6-2-1-5-12(13)16(20)22-17/h1-3,5-7,10H,4,8-9,11H2. The number of piperidine rings is 1. The summed E-state index contributed by atoms with van der Waals surface area (Å²) < 4.78 is 10.9. The van der Waals surface area contributed by atoms with Crippen LogP contribution in [0.15, 0.2) is 47.1 Å². The highest BCUT2D eigenvalue weighted by molar-refractivity contribution is 5.95. The third-order valence-electron chi connectivity index (χ3n) is 4.40. The molecule has 112 valence electrons. The molecular weight excluding hydrogens is 282 g/mol. The Bertz CT molecular complexity index is 737. The zero-order chi connectivity index (χ0) is 15.2. The summed E-state index contributed by atoms with van der Waals surface area (Å²) in [6.07, 6.45) is 3.00. The predicted molar refractivity (Wildman–Crippen MR) is 77.4 cm³/mol. The van der Waals surface area contributed by atoms with E-state index in [1.807, 2.05) is 18.2 Å². The van der Waals surface area contributed by atoms with Gasteiger partial charge in [0.1, 0.15) is 0 Å². The minimum absolute atomic E-state index is 0.162. The fourth-order valence-corrected chi connectivity index (χ4v) is 3.40. The van der Waals surface area contributed by atoms with E-state index in [1.54, 1.807) is 23.1 Å². The molecule has 5 heteroatoms. The second kappa shape index (κ2) is 4.73. The summed E-state index contributed by atoms with van der Waals surface area (Å²) in [5, 5.41) is 0. The summed E-state index contributed by atoms with van der Waals surface area (Å²) in [6.45, 7) is 1.01. The predicted octanol–water partition coefficient (Wildman–Crippen LogP) is 2.58. The van der Waals surface area contributed by atoms with E-state index in [-0.39, 0.29) is 11.9 Å². The first-order valence-corrected chi connectivity index (χ1v) is 7.35. The molecule has 22 heavy (non-hydrogen) atoms. The van der Waals surface area contributed by atoms with Crippen LogP contribution in [0.2, 0.25) is 0 Å². The first kappa shape index (κ1) is 13.1. The fourth-order valence-electron chi connectivity index (χ4n) is 3.40. The summed E-state index contributed by atoms with van der Waals surface area (Å²) in [5.41, 5.74) is 0.778. The zero-order valence-electron chi connectivity index (χ0n) is 12.0. The lowest BCUT2D eigenvalue weighted by Crippen LogP contribution is -2.48. The van der Waals surface area contributed by atoms with Gasteiger partial charge >= 0.3 is 5.97 Å². The molecule has 1 saturated heterocycles. The molecule has 2 aromatic rings. The van der Waals surface area contributed by atoms with E-state index in [2.05, 4.69) is 0 Å². The second-order valence-corrected chi connectivity index (χ2v) is 5.74. The minimum Gasteiger partial charge on any atom is -0.459 e. The molecule has 2 aliphatic rings. The maximum atomic E-state index is 12.5. The molecule has 2 aliphatic heterocycles. The van der Waals surface area contributed by atoms with Crippen LogP contribution in [-0.2, 0) is 10.3 Å². The molecule has 1 fully saturated rings. The quantitative estimate of drug-likeness (QED) is 0.759. The number of amides is 1. The maximum absolute atomic E-state index is 12.5. The van der Waals surface area contributed by atoms with Gasteiger partial charge in [0.2, 0.25) is 0 Å². The van der Waals surface area contributed by atoms with Crippen molar-refractivity contribution in [2.24, 2.45) is 0 Å². The lowest BCUT2D eigenvalue weighted by atomic mass is 9.85. The van der Waals surface area contributed by atoms with Crippen LogP contribution in [0.4, 0.5) is 0 Å². The van der Waals surface area contributed by atoms with E-state index in [1.165, 1.54) is 6.26 Å². The topological polar surface area (TPSA) is 59.8 Å². The number of carbonyl (C=O) groups is 2. The Balaban J connectivity index is 1.67. The summed E-state index contributed by atoms with van der Waals surface area (Å²) in [6, 6.07) is 10.8. The van der Waals surface area contributed by atoms with Crippen molar-refractivity contribution in [3.63, 3.8) is 0 Å². The van der Waals surface area contributed by atoms with Crippen LogP contribution in [0.3, 0.4) is 0 Å². The van der Waals surface area contributed by atoms with Gasteiger partial charge in [-0.05, 0) is 31.0 Å². The molecule has 0 aliphatic carbocycles. The average Bonchev–Trinajstić information content (AvgIpc) is 3.16. The van der Waals surface area contributed by atoms with Gasteiger partial charge in [-0.2, -0.15) is 0 Å². The van der Waals surface area contributed by atoms with E-state index in [9.17, 15) is 9.59 Å². The summed E-state index contributed by atoms with van der Waals surface area (Å²) >= 11 is 0. The molecule has 1 amide bonds. The van der Waals surface area contributed by atoms with Crippen molar-refractivity contribution in [1.29, 1.82) is 0 Å². The van der Waals surface area contributed by atoms with Crippen LogP contribution in [0.5, 0.6) is 0 Å². The van der Waals surface area contributed by atoms with E-state index in [0.717, 1.165) is 18.4 Å². The van der Waals surface area contributed by atoms with Crippen LogP contribution in [-0.4, -0.2) is 29.9 Å². The second-order valence-electron chi connectivity index (χ2n) is 5.74. The molecule has 5 nitrogen and oxygen atoms in total. The van der Waals surface area contributed by atoms with Crippen molar-refractivity contribution in [1.82, 2.24) is 4.90 Å². The van der Waals surface area contributed by atoms with Gasteiger partial charge in [-0.1, -0.05) is 18.2 Å². The average molecular weight is 297 g/mol. The largest absolute Gasteiger partial charge is 0.459 e. The van der Waals surface area contributed by atoms with Gasteiger partial charge in [-0.15, -0.1) is 0 Å². The van der Waals surface area contributed by atoms with E-state index < -0.39 is 5.60 Å². The molecular formula is C17H15NO4. The highest BCUT2D eigenvalue weighted by Gasteiger charge is 2.48. The van der Waals surface area contributed by atoms with E-state index >= 15 is 0 Å². The van der Waals surface area contributed by atoms with Gasteiger partial charge < -0.3 is 14.1 Å². The van der Waals surface area contributed by atoms with Crippen LogP contribution in [0.25, 0.3) is 0 Å². The van der Waals surface area contributed by atoms with Crippen molar-refractivity contribution in [2.45, 2.75) is 18.4 Å². The van der Waals surface area contributed by atoms with Crippen molar-refractivity contribution in [3.8, 4) is 0 Å². The molecule has 1 atom stereocenters. The molecule has 3 heterocycles. The van der Waals surface area contributed by atoms with Gasteiger partial charge in [-0.25, -0.2) is 4.79 Å². The number of hydrogen-bond acceptors (Lipinski definition) is 4. The first-order valence-electron chi connectivity index (χ1n) is 7.35. The summed E-state index contributed by atoms with van der Waals surface area (Å²) in [5.74, 6) is -0.151. The van der Waals surface area contributed by atoms with Crippen LogP contribution < -0.4 is 0 Å². The Labute approximate surface area is 127 Å². The smallest absolute Gasteiger partial charge is 0.339 e. The Hall–Kier alpha value is -2.56. The monoisotopic (exact) mass is 297 g/mol. The van der Waals surface area contributed by atoms with E-state index in [0.29, 0.717) is 24.4 Å². The molecule has 1 unspecified atom stereocenters. The van der Waals surface area contributed by atoms with Crippen molar-refractivity contribution in [2.75, 3.05) is 13.1 Å². The number of carbonyl (C=O) groups excluding carboxylic acids is 2. The fraction of sp³-hybridized carbons (Fsp3) is 0.294. The molecule has 0 bridgehead atoms. The van der Waals surface area contributed by atoms with Crippen molar-refractivity contribution in [3.05, 3.63) is 59.5 Å². The number of furan rings is 1. The van der Waals surface area contributed by atoms with Gasteiger partial charge in [0, 0.05) is 12.1 Å². The summed E-state index contributed by atoms with van der Waals surface area (Å²) in [4.78, 5) is 26.3. The van der Waals surface area contributed by atoms with Crippen LogP contribution in [0.1, 0.15) is 39.3 Å². The highest BCUT2D eigenvalue weighted by Crippen LogP contribution is 2.42. The Morgan fingerprint density at radius 1 is 1.18 bits per heavy atom. The number of rotatable bonds is 1. The van der Waals surface area contributed by atoms with Crippen LogP contribution >= 0.6 is 0 Å². The number of hydrogen-bond donors (Lipinski definition) is 0. The molecule has 1 aromatic heterocycles. The van der Waals surface area contributed by atoms with Crippen molar-refractivity contribution < 1.29 is 18.7 Å². The Morgan fingerprint density at radius 3 is 2.86 bits per heavy atom. The number of esters is 1. The number of likely N-dealkylation sites (tertiary alicyclic amines) is 1. The molecule has 4 rings (SSSR count). The van der Waals surface area contributed by atoms with Crippen molar-refractivity contribution >= 4 is 11.9 Å². The Morgan fingerprint density at radius 2 is 2.05 bits per heavy atom.